The first-order valence-corrected chi connectivity index (χ1v) is 12.6. The second kappa shape index (κ2) is 9.52. The number of rotatable bonds is 5. The summed E-state index contributed by atoms with van der Waals surface area (Å²) >= 11 is 1.55. The van der Waals surface area contributed by atoms with E-state index in [4.69, 9.17) is 4.74 Å². The van der Waals surface area contributed by atoms with Gasteiger partial charge in [0.25, 0.3) is 5.91 Å². The Kier molecular flexibility index (Phi) is 6.76. The van der Waals surface area contributed by atoms with Crippen LogP contribution in [0.1, 0.15) is 21.5 Å². The average molecular weight is 460 g/mol. The van der Waals surface area contributed by atoms with E-state index >= 15 is 0 Å². The predicted molar refractivity (Wildman–Crippen MR) is 122 cm³/mol. The Morgan fingerprint density at radius 3 is 2.48 bits per heavy atom. The number of ether oxygens (including phenoxy) is 1. The van der Waals surface area contributed by atoms with Crippen molar-refractivity contribution in [2.75, 3.05) is 39.4 Å². The zero-order chi connectivity index (χ0) is 21.8. The fourth-order valence-electron chi connectivity index (χ4n) is 3.51. The van der Waals surface area contributed by atoms with Crippen molar-refractivity contribution in [3.8, 4) is 0 Å². The highest BCUT2D eigenvalue weighted by atomic mass is 32.2. The number of sulfonamides is 1. The summed E-state index contributed by atoms with van der Waals surface area (Å²) in [6, 6.07) is 14.3. The third kappa shape index (κ3) is 4.85. The van der Waals surface area contributed by atoms with Crippen LogP contribution in [0.2, 0.25) is 0 Å². The molecule has 2 aliphatic rings. The van der Waals surface area contributed by atoms with Gasteiger partial charge in [0.1, 0.15) is 0 Å². The number of nitrogens with zero attached hydrogens (tertiary/aromatic N) is 3. The molecule has 1 amide bonds. The van der Waals surface area contributed by atoms with Gasteiger partial charge in [0.2, 0.25) is 10.0 Å². The maximum Gasteiger partial charge on any atom is 0.259 e. The second-order valence-electron chi connectivity index (χ2n) is 7.38. The van der Waals surface area contributed by atoms with Crippen LogP contribution in [-0.4, -0.2) is 68.1 Å². The van der Waals surface area contributed by atoms with E-state index in [1.807, 2.05) is 12.1 Å². The number of amidine groups is 1. The highest BCUT2D eigenvalue weighted by Crippen LogP contribution is 2.24. The Morgan fingerprint density at radius 1 is 1.06 bits per heavy atom. The van der Waals surface area contributed by atoms with Crippen molar-refractivity contribution in [2.24, 2.45) is 4.99 Å². The van der Waals surface area contributed by atoms with Crippen LogP contribution in [-0.2, 0) is 20.5 Å². The van der Waals surface area contributed by atoms with Gasteiger partial charge in [-0.05, 0) is 42.3 Å². The van der Waals surface area contributed by atoms with E-state index in [9.17, 15) is 13.2 Å². The smallest absolute Gasteiger partial charge is 0.259 e. The average Bonchev–Trinajstić information content (AvgIpc) is 3.27. The van der Waals surface area contributed by atoms with E-state index in [0.717, 1.165) is 5.75 Å². The molecule has 2 aromatic carbocycles. The zero-order valence-corrected chi connectivity index (χ0v) is 19.0. The molecule has 0 saturated carbocycles. The minimum absolute atomic E-state index is 0.163. The van der Waals surface area contributed by atoms with Crippen LogP contribution >= 0.6 is 11.8 Å². The number of morpholine rings is 1. The molecule has 2 aliphatic heterocycles. The topological polar surface area (TPSA) is 79.3 Å². The minimum atomic E-state index is -3.58. The van der Waals surface area contributed by atoms with Crippen LogP contribution < -0.4 is 0 Å². The van der Waals surface area contributed by atoms with Gasteiger partial charge in [0.15, 0.2) is 5.17 Å². The van der Waals surface area contributed by atoms with Gasteiger partial charge in [-0.1, -0.05) is 36.0 Å². The molecule has 0 radical (unpaired) electrons. The molecule has 164 valence electrons. The van der Waals surface area contributed by atoms with Crippen molar-refractivity contribution in [3.63, 3.8) is 0 Å². The Hall–Kier alpha value is -2.20. The molecule has 0 spiro atoms. The van der Waals surface area contributed by atoms with Crippen LogP contribution in [0.25, 0.3) is 0 Å². The van der Waals surface area contributed by atoms with E-state index < -0.39 is 10.0 Å². The molecular weight excluding hydrogens is 434 g/mol. The van der Waals surface area contributed by atoms with Gasteiger partial charge in [0, 0.05) is 31.0 Å². The number of carbonyl (C=O) groups is 1. The molecule has 31 heavy (non-hydrogen) atoms. The first kappa shape index (κ1) is 22.0. The molecule has 0 aliphatic carbocycles. The van der Waals surface area contributed by atoms with Gasteiger partial charge < -0.3 is 4.74 Å². The molecular formula is C22H25N3O4S2. The first-order chi connectivity index (χ1) is 15.0. The largest absolute Gasteiger partial charge is 0.379 e. The maximum atomic E-state index is 13.1. The lowest BCUT2D eigenvalue weighted by Gasteiger charge is -2.26. The molecule has 1 fully saturated rings. The molecule has 0 atom stereocenters. The highest BCUT2D eigenvalue weighted by molar-refractivity contribution is 8.13. The number of amides is 1. The Bertz CT molecular complexity index is 1080. The molecule has 0 unspecified atom stereocenters. The van der Waals surface area contributed by atoms with Gasteiger partial charge >= 0.3 is 0 Å². The van der Waals surface area contributed by atoms with E-state index in [1.54, 1.807) is 28.8 Å². The van der Waals surface area contributed by atoms with Crippen LogP contribution in [0.4, 0.5) is 0 Å². The van der Waals surface area contributed by atoms with E-state index in [2.05, 4.69) is 24.0 Å². The summed E-state index contributed by atoms with van der Waals surface area (Å²) in [5, 5.41) is 0.707. The molecule has 2 heterocycles. The zero-order valence-electron chi connectivity index (χ0n) is 17.4. The lowest BCUT2D eigenvalue weighted by Crippen LogP contribution is -2.40. The Balaban J connectivity index is 1.44. The lowest BCUT2D eigenvalue weighted by atomic mass is 10.1. The number of benzene rings is 2. The van der Waals surface area contributed by atoms with Crippen molar-refractivity contribution in [1.29, 1.82) is 0 Å². The van der Waals surface area contributed by atoms with Crippen molar-refractivity contribution < 1.29 is 17.9 Å². The summed E-state index contributed by atoms with van der Waals surface area (Å²) < 4.78 is 32.2. The Labute approximate surface area is 187 Å². The molecule has 1 saturated heterocycles. The number of hydrogen-bond donors (Lipinski definition) is 0. The molecule has 0 N–H and O–H groups in total. The summed E-state index contributed by atoms with van der Waals surface area (Å²) in [5.41, 5.74) is 2.88. The summed E-state index contributed by atoms with van der Waals surface area (Å²) in [7, 11) is -3.58. The normalized spacial score (nSPS) is 17.6. The highest BCUT2D eigenvalue weighted by Gasteiger charge is 2.28. The van der Waals surface area contributed by atoms with Crippen molar-refractivity contribution in [3.05, 3.63) is 65.2 Å². The number of aliphatic imine (C=N–C) groups is 1. The van der Waals surface area contributed by atoms with Crippen LogP contribution in [0.15, 0.2) is 58.4 Å². The van der Waals surface area contributed by atoms with Gasteiger partial charge in [-0.25, -0.2) is 8.42 Å². The third-order valence-corrected chi connectivity index (χ3v) is 8.35. The molecule has 0 aromatic heterocycles. The van der Waals surface area contributed by atoms with E-state index in [-0.39, 0.29) is 10.8 Å². The summed E-state index contributed by atoms with van der Waals surface area (Å²) in [5.74, 6) is 0.579. The maximum absolute atomic E-state index is 13.1. The number of hydrogen-bond acceptors (Lipinski definition) is 6. The number of carbonyl (C=O) groups excluding carboxylic acids is 1. The summed E-state index contributed by atoms with van der Waals surface area (Å²) in [6.45, 7) is 4.65. The van der Waals surface area contributed by atoms with Crippen LogP contribution in [0, 0.1) is 6.92 Å². The predicted octanol–water partition coefficient (Wildman–Crippen LogP) is 2.76. The van der Waals surface area contributed by atoms with Crippen LogP contribution in [0.3, 0.4) is 0 Å². The molecule has 9 heteroatoms. The molecule has 4 rings (SSSR count). The van der Waals surface area contributed by atoms with Gasteiger partial charge in [-0.3, -0.25) is 14.7 Å². The molecule has 7 nitrogen and oxygen atoms in total. The quantitative estimate of drug-likeness (QED) is 0.687. The van der Waals surface area contributed by atoms with Crippen molar-refractivity contribution in [2.45, 2.75) is 17.6 Å². The fraction of sp³-hybridized carbons (Fsp3) is 0.364. The molecule has 0 bridgehead atoms. The van der Waals surface area contributed by atoms with Gasteiger partial charge in [-0.2, -0.15) is 4.31 Å². The second-order valence-corrected chi connectivity index (χ2v) is 10.3. The number of thioether (sulfide) groups is 1. The lowest BCUT2D eigenvalue weighted by molar-refractivity contribution is 0.0730. The Morgan fingerprint density at radius 2 is 1.77 bits per heavy atom. The van der Waals surface area contributed by atoms with Crippen molar-refractivity contribution >= 4 is 32.9 Å². The third-order valence-electron chi connectivity index (χ3n) is 5.37. The van der Waals surface area contributed by atoms with E-state index in [0.29, 0.717) is 50.1 Å². The molecule has 2 aromatic rings. The monoisotopic (exact) mass is 459 g/mol. The van der Waals surface area contributed by atoms with Gasteiger partial charge in [-0.15, -0.1) is 0 Å². The summed E-state index contributed by atoms with van der Waals surface area (Å²) in [4.78, 5) is 19.4. The van der Waals surface area contributed by atoms with Crippen molar-refractivity contribution in [1.82, 2.24) is 9.21 Å². The van der Waals surface area contributed by atoms with E-state index in [1.165, 1.54) is 27.6 Å². The first-order valence-electron chi connectivity index (χ1n) is 10.2. The number of aryl methyl sites for hydroxylation is 1. The SMILES string of the molecule is Cc1ccccc1CSC1=NCCN1C(=O)c1ccc(S(=O)(=O)N2CCOCC2)cc1. The van der Waals surface area contributed by atoms with Crippen LogP contribution in [0.5, 0.6) is 0 Å². The standard InChI is InChI=1S/C22H25N3O4S2/c1-17-4-2-3-5-19(17)16-30-22-23-10-11-25(22)21(26)18-6-8-20(9-7-18)31(27,28)24-12-14-29-15-13-24/h2-9H,10-16H2,1H3. The van der Waals surface area contributed by atoms with Gasteiger partial charge in [0.05, 0.1) is 24.7 Å². The summed E-state index contributed by atoms with van der Waals surface area (Å²) in [6.07, 6.45) is 0. The minimum Gasteiger partial charge on any atom is -0.379 e. The fourth-order valence-corrected chi connectivity index (χ4v) is 6.04.